The number of amides is 1. The number of rotatable bonds is 8. The van der Waals surface area contributed by atoms with E-state index in [-0.39, 0.29) is 5.91 Å². The number of thiophene rings is 1. The van der Waals surface area contributed by atoms with E-state index in [0.717, 1.165) is 77.4 Å². The quantitative estimate of drug-likeness (QED) is 0.374. The maximum atomic E-state index is 13.1. The summed E-state index contributed by atoms with van der Waals surface area (Å²) >= 11 is 1.56. The Kier molecular flexibility index (Phi) is 8.70. The number of hydrogen-bond acceptors (Lipinski definition) is 10. The minimum Gasteiger partial charge on any atom is -0.462 e. The van der Waals surface area contributed by atoms with E-state index >= 15 is 0 Å². The average molecular weight is 626 g/mol. The molecule has 11 nitrogen and oxygen atoms in total. The summed E-state index contributed by atoms with van der Waals surface area (Å²) in [5, 5.41) is 1.91. The van der Waals surface area contributed by atoms with Crippen molar-refractivity contribution in [3.8, 4) is 16.5 Å². The number of ether oxygens (including phenoxy) is 1. The third-order valence-electron chi connectivity index (χ3n) is 8.74. The summed E-state index contributed by atoms with van der Waals surface area (Å²) < 4.78 is 32.3. The van der Waals surface area contributed by atoms with Crippen LogP contribution in [0, 0.1) is 0 Å². The Morgan fingerprint density at radius 1 is 1.02 bits per heavy atom. The first kappa shape index (κ1) is 29.9. The summed E-state index contributed by atoms with van der Waals surface area (Å²) in [4.78, 5) is 33.1. The van der Waals surface area contributed by atoms with E-state index in [2.05, 4.69) is 41.4 Å². The maximum Gasteiger partial charge on any atom is 0.319 e. The van der Waals surface area contributed by atoms with Crippen molar-refractivity contribution in [2.45, 2.75) is 18.9 Å². The first-order chi connectivity index (χ1) is 20.7. The van der Waals surface area contributed by atoms with E-state index in [9.17, 15) is 13.2 Å². The third-order valence-corrected chi connectivity index (χ3v) is 11.3. The van der Waals surface area contributed by atoms with Crippen molar-refractivity contribution < 1.29 is 17.9 Å². The van der Waals surface area contributed by atoms with Gasteiger partial charge in [-0.05, 0) is 57.2 Å². The summed E-state index contributed by atoms with van der Waals surface area (Å²) in [7, 11) is 0.720. The van der Waals surface area contributed by atoms with Crippen LogP contribution in [0.2, 0.25) is 0 Å². The predicted octanol–water partition coefficient (Wildman–Crippen LogP) is 2.81. The second-order valence-corrected chi connectivity index (χ2v) is 14.4. The summed E-state index contributed by atoms with van der Waals surface area (Å²) in [5.74, 6) is 0.816. The van der Waals surface area contributed by atoms with Crippen LogP contribution in [0.5, 0.6) is 6.01 Å². The second kappa shape index (κ2) is 12.5. The lowest BCUT2D eigenvalue weighted by Gasteiger charge is -2.34. The van der Waals surface area contributed by atoms with Gasteiger partial charge in [-0.1, -0.05) is 18.7 Å². The van der Waals surface area contributed by atoms with Crippen molar-refractivity contribution in [2.75, 3.05) is 84.5 Å². The highest BCUT2D eigenvalue weighted by Gasteiger charge is 2.28. The van der Waals surface area contributed by atoms with E-state index in [1.54, 1.807) is 11.3 Å². The molecule has 2 aromatic heterocycles. The molecule has 13 heteroatoms. The second-order valence-electron chi connectivity index (χ2n) is 11.5. The summed E-state index contributed by atoms with van der Waals surface area (Å²) in [6, 6.07) is 10.6. The van der Waals surface area contributed by atoms with Crippen molar-refractivity contribution in [1.82, 2.24) is 29.0 Å². The number of piperazine rings is 2. The van der Waals surface area contributed by atoms with E-state index < -0.39 is 10.0 Å². The molecule has 3 aliphatic heterocycles. The van der Waals surface area contributed by atoms with Gasteiger partial charge in [0.25, 0.3) is 5.91 Å². The van der Waals surface area contributed by atoms with Gasteiger partial charge in [0, 0.05) is 74.2 Å². The summed E-state index contributed by atoms with van der Waals surface area (Å²) in [6.07, 6.45) is 2.24. The van der Waals surface area contributed by atoms with Crippen molar-refractivity contribution in [3.05, 3.63) is 47.9 Å². The molecule has 0 unspecified atom stereocenters. The lowest BCUT2D eigenvalue weighted by Crippen LogP contribution is -2.48. The molecule has 0 bridgehead atoms. The van der Waals surface area contributed by atoms with Crippen LogP contribution in [0.4, 0.5) is 5.82 Å². The molecule has 0 radical (unpaired) electrons. The van der Waals surface area contributed by atoms with Gasteiger partial charge in [-0.2, -0.15) is 14.3 Å². The molecule has 1 atom stereocenters. The molecule has 3 fully saturated rings. The van der Waals surface area contributed by atoms with Crippen LogP contribution in [-0.2, 0) is 10.0 Å². The van der Waals surface area contributed by atoms with E-state index in [4.69, 9.17) is 14.7 Å². The molecule has 230 valence electrons. The Morgan fingerprint density at radius 3 is 2.40 bits per heavy atom. The van der Waals surface area contributed by atoms with Crippen LogP contribution in [0.15, 0.2) is 42.3 Å². The predicted molar refractivity (Wildman–Crippen MR) is 170 cm³/mol. The Bertz CT molecular complexity index is 1580. The molecule has 0 aliphatic carbocycles. The van der Waals surface area contributed by atoms with Gasteiger partial charge in [0.2, 0.25) is 10.0 Å². The summed E-state index contributed by atoms with van der Waals surface area (Å²) in [6.45, 7) is 9.99. The van der Waals surface area contributed by atoms with Crippen LogP contribution >= 0.6 is 11.3 Å². The topological polar surface area (TPSA) is 102 Å². The smallest absolute Gasteiger partial charge is 0.319 e. The van der Waals surface area contributed by atoms with Gasteiger partial charge >= 0.3 is 6.01 Å². The fourth-order valence-electron chi connectivity index (χ4n) is 5.92. The van der Waals surface area contributed by atoms with Crippen molar-refractivity contribution >= 4 is 43.3 Å². The first-order valence-electron chi connectivity index (χ1n) is 14.8. The molecule has 3 aromatic rings. The molecular formula is C30H39N7O4S2. The Morgan fingerprint density at radius 2 is 1.74 bits per heavy atom. The molecular weight excluding hydrogens is 587 g/mol. The van der Waals surface area contributed by atoms with Crippen LogP contribution < -0.4 is 9.64 Å². The Balaban J connectivity index is 1.26. The number of anilines is 1. The number of fused-ring (bicyclic) bond motifs is 1. The largest absolute Gasteiger partial charge is 0.462 e. The number of aromatic nitrogens is 2. The molecule has 0 spiro atoms. The summed E-state index contributed by atoms with van der Waals surface area (Å²) in [5.41, 5.74) is 1.69. The zero-order valence-corrected chi connectivity index (χ0v) is 26.4. The average Bonchev–Trinajstić information content (AvgIpc) is 3.65. The zero-order chi connectivity index (χ0) is 30.1. The lowest BCUT2D eigenvalue weighted by molar-refractivity contribution is 0.0664. The Labute approximate surface area is 257 Å². The van der Waals surface area contributed by atoms with Gasteiger partial charge in [-0.25, -0.2) is 8.42 Å². The number of likely N-dealkylation sites (tertiary alicyclic amines) is 1. The molecule has 0 saturated carbocycles. The number of sulfonamides is 1. The van der Waals surface area contributed by atoms with Crippen molar-refractivity contribution in [3.63, 3.8) is 0 Å². The zero-order valence-electron chi connectivity index (χ0n) is 24.8. The van der Waals surface area contributed by atoms with E-state index in [1.807, 2.05) is 29.2 Å². The molecule has 43 heavy (non-hydrogen) atoms. The third kappa shape index (κ3) is 6.41. The number of benzene rings is 1. The minimum absolute atomic E-state index is 0.0662. The lowest BCUT2D eigenvalue weighted by atomic mass is 10.1. The van der Waals surface area contributed by atoms with Gasteiger partial charge in [0.05, 0.1) is 5.39 Å². The monoisotopic (exact) mass is 625 g/mol. The van der Waals surface area contributed by atoms with E-state index in [1.165, 1.54) is 4.31 Å². The minimum atomic E-state index is -3.47. The van der Waals surface area contributed by atoms with Crippen molar-refractivity contribution in [2.24, 2.45) is 0 Å². The number of nitrogens with zero attached hydrogens (tertiary/aromatic N) is 7. The molecule has 0 N–H and O–H groups in total. The highest BCUT2D eigenvalue weighted by molar-refractivity contribution is 7.92. The van der Waals surface area contributed by atoms with Crippen LogP contribution in [0.1, 0.15) is 23.2 Å². The standard InChI is InChI=1S/C30H39N7O4S2/c1-4-43(39,40)37-18-16-35(17-19-37)27-25-20-26(42-28(25)32-30(31-27)41-21-24-6-5-11-34(24)3)22-7-9-23(10-8-22)29(38)36-14-12-33(2)13-15-36/h4,7-10,20,24H,1,5-6,11-19,21H2,2-3H3/t24-/m1/s1. The SMILES string of the molecule is C=CS(=O)(=O)N1CCN(c2nc(OC[C@H]3CCCN3C)nc3sc(-c4ccc(C(=O)N5CCN(C)CC5)cc4)cc23)CC1. The Hall–Kier alpha value is -3.10. The molecule has 3 aliphatic rings. The maximum absolute atomic E-state index is 13.1. The fraction of sp³-hybridized carbons (Fsp3) is 0.500. The molecule has 6 rings (SSSR count). The van der Waals surface area contributed by atoms with Crippen LogP contribution in [-0.4, -0.2) is 129 Å². The van der Waals surface area contributed by atoms with Gasteiger partial charge in [0.1, 0.15) is 17.3 Å². The number of hydrogen-bond donors (Lipinski definition) is 0. The van der Waals surface area contributed by atoms with Gasteiger partial charge in [-0.3, -0.25) is 4.79 Å². The number of carbonyl (C=O) groups excluding carboxylic acids is 1. The number of likely N-dealkylation sites (N-methyl/N-ethyl adjacent to an activating group) is 2. The molecule has 3 saturated heterocycles. The first-order valence-corrected chi connectivity index (χ1v) is 17.1. The highest BCUT2D eigenvalue weighted by Crippen LogP contribution is 2.38. The fourth-order valence-corrected chi connectivity index (χ4v) is 7.83. The van der Waals surface area contributed by atoms with Crippen LogP contribution in [0.25, 0.3) is 20.7 Å². The van der Waals surface area contributed by atoms with Crippen LogP contribution in [0.3, 0.4) is 0 Å². The van der Waals surface area contributed by atoms with E-state index in [0.29, 0.717) is 50.4 Å². The molecule has 1 aromatic carbocycles. The highest BCUT2D eigenvalue weighted by atomic mass is 32.2. The normalized spacial score (nSPS) is 21.0. The number of carbonyl (C=O) groups is 1. The van der Waals surface area contributed by atoms with Gasteiger partial charge in [0.15, 0.2) is 0 Å². The van der Waals surface area contributed by atoms with Crippen molar-refractivity contribution in [1.29, 1.82) is 0 Å². The molecule has 5 heterocycles. The van der Waals surface area contributed by atoms with Gasteiger partial charge in [-0.15, -0.1) is 11.3 Å². The molecule has 1 amide bonds. The van der Waals surface area contributed by atoms with Gasteiger partial charge < -0.3 is 24.3 Å².